The summed E-state index contributed by atoms with van der Waals surface area (Å²) >= 11 is 1.34. The third-order valence-corrected chi connectivity index (χ3v) is 7.17. The van der Waals surface area contributed by atoms with Crippen LogP contribution in [0.5, 0.6) is 0 Å². The fourth-order valence-corrected chi connectivity index (χ4v) is 5.37. The summed E-state index contributed by atoms with van der Waals surface area (Å²) in [6.45, 7) is 0.724. The minimum absolute atomic E-state index is 0.159. The number of amides is 1. The smallest absolute Gasteiger partial charge is 0.238 e. The Morgan fingerprint density at radius 1 is 1.07 bits per heavy atom. The zero-order chi connectivity index (χ0) is 20.4. The van der Waals surface area contributed by atoms with E-state index in [1.54, 1.807) is 0 Å². The van der Waals surface area contributed by atoms with Crippen LogP contribution in [0.25, 0.3) is 0 Å². The van der Waals surface area contributed by atoms with Gasteiger partial charge in [0, 0.05) is 24.4 Å². The number of nitrogens with one attached hydrogen (secondary N) is 1. The number of sulfonamides is 1. The Bertz CT molecular complexity index is 1070. The number of hydrogen-bond donors (Lipinski definition) is 1. The van der Waals surface area contributed by atoms with Crippen LogP contribution in [-0.2, 0) is 27.8 Å². The first-order valence-corrected chi connectivity index (χ1v) is 11.9. The van der Waals surface area contributed by atoms with Gasteiger partial charge in [-0.1, -0.05) is 60.7 Å². The Morgan fingerprint density at radius 2 is 1.66 bits per heavy atom. The van der Waals surface area contributed by atoms with Crippen LogP contribution in [0.3, 0.4) is 0 Å². The Morgan fingerprint density at radius 3 is 2.21 bits per heavy atom. The molecular weight excluding hydrogens is 406 g/mol. The van der Waals surface area contributed by atoms with Gasteiger partial charge >= 0.3 is 0 Å². The van der Waals surface area contributed by atoms with Gasteiger partial charge in [0.1, 0.15) is 0 Å². The van der Waals surface area contributed by atoms with Crippen LogP contribution in [0.2, 0.25) is 0 Å². The highest BCUT2D eigenvalue weighted by Crippen LogP contribution is 2.31. The van der Waals surface area contributed by atoms with Crippen LogP contribution in [0.1, 0.15) is 27.6 Å². The van der Waals surface area contributed by atoms with Crippen molar-refractivity contribution in [1.82, 2.24) is 9.29 Å². The molecule has 150 valence electrons. The molecule has 0 atom stereocenters. The highest BCUT2D eigenvalue weighted by molar-refractivity contribution is 7.88. The first-order valence-electron chi connectivity index (χ1n) is 9.26. The van der Waals surface area contributed by atoms with Crippen molar-refractivity contribution < 1.29 is 13.2 Å². The fraction of sp³-hybridized carbons (Fsp3) is 0.238. The number of fused-ring (bicyclic) bond motifs is 1. The standard InChI is InChI=1S/C21H21N3O3S2/c1-29(26,27)24-13-12-17-18(14-24)28-21(22-17)23-20(25)19(15-8-4-2-5-9-15)16-10-6-3-7-11-16/h2-11,19H,12-14H2,1H3,(H,22,23,25). The average Bonchev–Trinajstić information content (AvgIpc) is 3.10. The van der Waals surface area contributed by atoms with E-state index in [0.29, 0.717) is 24.6 Å². The maximum Gasteiger partial charge on any atom is 0.238 e. The predicted octanol–water partition coefficient (Wildman–Crippen LogP) is 3.23. The molecule has 6 nitrogen and oxygen atoms in total. The van der Waals surface area contributed by atoms with E-state index in [4.69, 9.17) is 0 Å². The van der Waals surface area contributed by atoms with Gasteiger partial charge in [0.15, 0.2) is 5.13 Å². The van der Waals surface area contributed by atoms with Crippen molar-refractivity contribution in [2.75, 3.05) is 18.1 Å². The number of carbonyl (C=O) groups is 1. The van der Waals surface area contributed by atoms with Gasteiger partial charge in [0.2, 0.25) is 15.9 Å². The molecule has 0 saturated carbocycles. The summed E-state index contributed by atoms with van der Waals surface area (Å²) in [6, 6.07) is 19.3. The Balaban J connectivity index is 1.59. The molecule has 8 heteroatoms. The molecule has 0 fully saturated rings. The van der Waals surface area contributed by atoms with Gasteiger partial charge in [-0.3, -0.25) is 4.79 Å². The zero-order valence-corrected chi connectivity index (χ0v) is 17.5. The zero-order valence-electron chi connectivity index (χ0n) is 15.9. The van der Waals surface area contributed by atoms with Crippen molar-refractivity contribution in [3.8, 4) is 0 Å². The van der Waals surface area contributed by atoms with Crippen molar-refractivity contribution in [3.63, 3.8) is 0 Å². The molecule has 3 aromatic rings. The molecule has 0 aliphatic carbocycles. The number of nitrogens with zero attached hydrogens (tertiary/aromatic N) is 2. The number of benzene rings is 2. The maximum absolute atomic E-state index is 13.2. The molecule has 2 aromatic carbocycles. The summed E-state index contributed by atoms with van der Waals surface area (Å²) < 4.78 is 25.1. The van der Waals surface area contributed by atoms with Crippen LogP contribution in [-0.4, -0.2) is 36.4 Å². The maximum atomic E-state index is 13.2. The van der Waals surface area contributed by atoms with E-state index in [0.717, 1.165) is 21.7 Å². The Kier molecular flexibility index (Phi) is 5.49. The summed E-state index contributed by atoms with van der Waals surface area (Å²) in [5.74, 6) is -0.612. The van der Waals surface area contributed by atoms with Crippen molar-refractivity contribution in [3.05, 3.63) is 82.4 Å². The van der Waals surface area contributed by atoms with Crippen molar-refractivity contribution in [2.45, 2.75) is 18.9 Å². The number of carbonyl (C=O) groups excluding carboxylic acids is 1. The van der Waals surface area contributed by atoms with Gasteiger partial charge in [0.25, 0.3) is 0 Å². The van der Waals surface area contributed by atoms with Crippen LogP contribution >= 0.6 is 11.3 Å². The largest absolute Gasteiger partial charge is 0.301 e. The average molecular weight is 428 g/mol. The molecule has 0 saturated heterocycles. The molecular formula is C21H21N3O3S2. The third-order valence-electron chi connectivity index (χ3n) is 4.92. The highest BCUT2D eigenvalue weighted by atomic mass is 32.2. The van der Waals surface area contributed by atoms with Gasteiger partial charge in [0.05, 0.1) is 17.9 Å². The third kappa shape index (κ3) is 4.39. The Labute approximate surface area is 174 Å². The van der Waals surface area contributed by atoms with Crippen LogP contribution in [0.4, 0.5) is 5.13 Å². The van der Waals surface area contributed by atoms with Gasteiger partial charge < -0.3 is 5.32 Å². The van der Waals surface area contributed by atoms with Crippen molar-refractivity contribution in [2.24, 2.45) is 0 Å². The number of anilines is 1. The first-order chi connectivity index (χ1) is 13.9. The summed E-state index contributed by atoms with van der Waals surface area (Å²) in [7, 11) is -3.24. The molecule has 1 N–H and O–H groups in total. The number of aromatic nitrogens is 1. The molecule has 1 aromatic heterocycles. The lowest BCUT2D eigenvalue weighted by Gasteiger charge is -2.23. The van der Waals surface area contributed by atoms with E-state index in [2.05, 4.69) is 10.3 Å². The molecule has 1 amide bonds. The van der Waals surface area contributed by atoms with Gasteiger partial charge in [-0.15, -0.1) is 11.3 Å². The fourth-order valence-electron chi connectivity index (χ4n) is 3.47. The lowest BCUT2D eigenvalue weighted by Crippen LogP contribution is -2.34. The quantitative estimate of drug-likeness (QED) is 0.678. The number of thiazole rings is 1. The molecule has 2 heterocycles. The lowest BCUT2D eigenvalue weighted by atomic mass is 9.90. The van der Waals surface area contributed by atoms with E-state index in [9.17, 15) is 13.2 Å². The van der Waals surface area contributed by atoms with E-state index in [-0.39, 0.29) is 5.91 Å². The molecule has 0 unspecified atom stereocenters. The highest BCUT2D eigenvalue weighted by Gasteiger charge is 2.28. The van der Waals surface area contributed by atoms with Gasteiger partial charge in [-0.25, -0.2) is 13.4 Å². The first kappa shape index (κ1) is 19.8. The van der Waals surface area contributed by atoms with Gasteiger partial charge in [-0.05, 0) is 11.1 Å². The predicted molar refractivity (Wildman–Crippen MR) is 114 cm³/mol. The lowest BCUT2D eigenvalue weighted by molar-refractivity contribution is -0.116. The summed E-state index contributed by atoms with van der Waals surface area (Å²) in [5.41, 5.74) is 2.67. The van der Waals surface area contributed by atoms with Crippen LogP contribution in [0, 0.1) is 0 Å². The Hall–Kier alpha value is -2.55. The monoisotopic (exact) mass is 427 g/mol. The van der Waals surface area contributed by atoms with Crippen LogP contribution in [0.15, 0.2) is 60.7 Å². The normalized spacial score (nSPS) is 14.6. The topological polar surface area (TPSA) is 79.4 Å². The molecule has 0 spiro atoms. The molecule has 1 aliphatic rings. The van der Waals surface area contributed by atoms with Crippen molar-refractivity contribution in [1.29, 1.82) is 0 Å². The van der Waals surface area contributed by atoms with Gasteiger partial charge in [-0.2, -0.15) is 4.31 Å². The van der Waals surface area contributed by atoms with E-state index >= 15 is 0 Å². The molecule has 29 heavy (non-hydrogen) atoms. The van der Waals surface area contributed by atoms with Crippen molar-refractivity contribution >= 4 is 32.4 Å². The minimum atomic E-state index is -3.24. The summed E-state index contributed by atoms with van der Waals surface area (Å²) in [6.07, 6.45) is 1.77. The second-order valence-electron chi connectivity index (χ2n) is 6.98. The summed E-state index contributed by atoms with van der Waals surface area (Å²) in [5, 5.41) is 3.46. The second kappa shape index (κ2) is 8.06. The van der Waals surface area contributed by atoms with E-state index < -0.39 is 15.9 Å². The molecule has 0 bridgehead atoms. The SMILES string of the molecule is CS(=O)(=O)N1CCc2nc(NC(=O)C(c3ccccc3)c3ccccc3)sc2C1. The molecule has 1 aliphatic heterocycles. The minimum Gasteiger partial charge on any atom is -0.301 e. The van der Waals surface area contributed by atoms with Crippen LogP contribution < -0.4 is 5.32 Å². The molecule has 0 radical (unpaired) electrons. The summed E-state index contributed by atoms with van der Waals surface area (Å²) in [4.78, 5) is 18.6. The molecule has 4 rings (SSSR count). The number of rotatable bonds is 5. The van der Waals surface area contributed by atoms with E-state index in [1.807, 2.05) is 60.7 Å². The second-order valence-corrected chi connectivity index (χ2v) is 10.0. The van der Waals surface area contributed by atoms with E-state index in [1.165, 1.54) is 21.9 Å². The number of hydrogen-bond acceptors (Lipinski definition) is 5.